The number of pyridine rings is 1. The average molecular weight is 165 g/mol. The third kappa shape index (κ3) is 1.66. The van der Waals surface area contributed by atoms with Crippen LogP contribution in [0.5, 0.6) is 0 Å². The Morgan fingerprint density at radius 1 is 1.50 bits per heavy atom. The number of aromatic nitrogens is 1. The summed E-state index contributed by atoms with van der Waals surface area (Å²) >= 11 is 0. The number of Topliss-reactive ketones (excluding diaryl/α,β-unsaturated/α-hetero) is 1. The first kappa shape index (κ1) is 8.39. The van der Waals surface area contributed by atoms with Crippen LogP contribution in [0, 0.1) is 6.92 Å². The third-order valence-electron chi connectivity index (χ3n) is 1.34. The Balaban J connectivity index is 3.04. The smallest absolute Gasteiger partial charge is 0.378 e. The monoisotopic (exact) mass is 165 g/mol. The van der Waals surface area contributed by atoms with Crippen molar-refractivity contribution in [3.8, 4) is 0 Å². The molecule has 0 radical (unpaired) electrons. The lowest BCUT2D eigenvalue weighted by Crippen LogP contribution is -2.14. The van der Waals surface area contributed by atoms with Gasteiger partial charge in [0, 0.05) is 6.20 Å². The number of aliphatic carboxylic acids is 1. The Hall–Kier alpha value is -1.71. The molecule has 0 aliphatic heterocycles. The van der Waals surface area contributed by atoms with Crippen LogP contribution < -0.4 is 0 Å². The number of hydrogen-bond donors (Lipinski definition) is 1. The van der Waals surface area contributed by atoms with Crippen molar-refractivity contribution in [1.29, 1.82) is 0 Å². The predicted molar refractivity (Wildman–Crippen MR) is 40.9 cm³/mol. The van der Waals surface area contributed by atoms with Crippen LogP contribution in [0.3, 0.4) is 0 Å². The summed E-state index contributed by atoms with van der Waals surface area (Å²) in [4.78, 5) is 24.7. The highest BCUT2D eigenvalue weighted by Crippen LogP contribution is 2.00. The van der Waals surface area contributed by atoms with Crippen LogP contribution in [0.25, 0.3) is 0 Å². The fourth-order valence-corrected chi connectivity index (χ4v) is 0.770. The van der Waals surface area contributed by atoms with Crippen molar-refractivity contribution in [1.82, 2.24) is 4.98 Å². The van der Waals surface area contributed by atoms with Gasteiger partial charge in [0.25, 0.3) is 5.78 Å². The number of ketones is 1. The van der Waals surface area contributed by atoms with E-state index < -0.39 is 11.8 Å². The largest absolute Gasteiger partial charge is 0.475 e. The Kier molecular flexibility index (Phi) is 2.19. The molecule has 1 N–H and O–H groups in total. The van der Waals surface area contributed by atoms with Gasteiger partial charge < -0.3 is 5.11 Å². The zero-order chi connectivity index (χ0) is 9.14. The van der Waals surface area contributed by atoms with Crippen molar-refractivity contribution >= 4 is 11.8 Å². The normalized spacial score (nSPS) is 9.42. The second-order valence-electron chi connectivity index (χ2n) is 2.35. The third-order valence-corrected chi connectivity index (χ3v) is 1.34. The molecule has 0 saturated heterocycles. The Morgan fingerprint density at radius 3 is 2.67 bits per heavy atom. The molecule has 62 valence electrons. The number of nitrogens with zero attached hydrogens (tertiary/aromatic N) is 1. The van der Waals surface area contributed by atoms with Gasteiger partial charge in [-0.15, -0.1) is 0 Å². The SMILES string of the molecule is Cc1ccnc(C(=O)C(=O)O)c1. The van der Waals surface area contributed by atoms with Gasteiger partial charge in [0.1, 0.15) is 5.69 Å². The number of carbonyl (C=O) groups excluding carboxylic acids is 1. The Morgan fingerprint density at radius 2 is 2.17 bits per heavy atom. The van der Waals surface area contributed by atoms with Gasteiger partial charge >= 0.3 is 5.97 Å². The van der Waals surface area contributed by atoms with Crippen LogP contribution >= 0.6 is 0 Å². The van der Waals surface area contributed by atoms with Crippen molar-refractivity contribution in [2.24, 2.45) is 0 Å². The molecule has 1 aromatic heterocycles. The zero-order valence-corrected chi connectivity index (χ0v) is 6.44. The van der Waals surface area contributed by atoms with Crippen molar-refractivity contribution in [2.45, 2.75) is 6.92 Å². The van der Waals surface area contributed by atoms with Crippen molar-refractivity contribution in [3.05, 3.63) is 29.6 Å². The van der Waals surface area contributed by atoms with Crippen molar-refractivity contribution in [2.75, 3.05) is 0 Å². The Bertz CT molecular complexity index is 333. The maximum atomic E-state index is 10.8. The summed E-state index contributed by atoms with van der Waals surface area (Å²) in [5.74, 6) is -2.45. The standard InChI is InChI=1S/C8H7NO3/c1-5-2-3-9-6(4-5)7(10)8(11)12/h2-4H,1H3,(H,11,12). The zero-order valence-electron chi connectivity index (χ0n) is 6.44. The molecule has 4 heteroatoms. The number of aryl methyl sites for hydroxylation is 1. The number of rotatable bonds is 2. The molecule has 0 amide bonds. The molecule has 1 rings (SSSR count). The molecule has 0 bridgehead atoms. The maximum absolute atomic E-state index is 10.8. The van der Waals surface area contributed by atoms with E-state index in [4.69, 9.17) is 5.11 Å². The van der Waals surface area contributed by atoms with Crippen molar-refractivity contribution in [3.63, 3.8) is 0 Å². The van der Waals surface area contributed by atoms with E-state index in [-0.39, 0.29) is 5.69 Å². The van der Waals surface area contributed by atoms with E-state index in [1.807, 2.05) is 0 Å². The second kappa shape index (κ2) is 3.13. The van der Waals surface area contributed by atoms with E-state index in [1.54, 1.807) is 13.0 Å². The lowest BCUT2D eigenvalue weighted by molar-refractivity contribution is -0.131. The van der Waals surface area contributed by atoms with E-state index in [0.29, 0.717) is 0 Å². The first-order valence-electron chi connectivity index (χ1n) is 3.31. The molecule has 0 saturated carbocycles. The lowest BCUT2D eigenvalue weighted by Gasteiger charge is -1.95. The lowest BCUT2D eigenvalue weighted by atomic mass is 10.2. The Labute approximate surface area is 68.9 Å². The van der Waals surface area contributed by atoms with Crippen LogP contribution in [0.1, 0.15) is 16.1 Å². The highest BCUT2D eigenvalue weighted by molar-refractivity contribution is 6.39. The summed E-state index contributed by atoms with van der Waals surface area (Å²) < 4.78 is 0. The van der Waals surface area contributed by atoms with Crippen LogP contribution in [-0.4, -0.2) is 21.8 Å². The molecule has 0 spiro atoms. The number of carbonyl (C=O) groups is 2. The van der Waals surface area contributed by atoms with Gasteiger partial charge in [0.2, 0.25) is 0 Å². The number of carboxylic acid groups (broad SMARTS) is 1. The quantitative estimate of drug-likeness (QED) is 0.516. The van der Waals surface area contributed by atoms with Crippen LogP contribution in [0.4, 0.5) is 0 Å². The van der Waals surface area contributed by atoms with E-state index in [9.17, 15) is 9.59 Å². The number of carboxylic acids is 1. The fraction of sp³-hybridized carbons (Fsp3) is 0.125. The molecule has 1 heterocycles. The molecule has 0 fully saturated rings. The predicted octanol–water partition coefficient (Wildman–Crippen LogP) is 0.657. The first-order chi connectivity index (χ1) is 5.61. The summed E-state index contributed by atoms with van der Waals surface area (Å²) in [7, 11) is 0. The molecular formula is C8H7NO3. The highest BCUT2D eigenvalue weighted by atomic mass is 16.4. The first-order valence-corrected chi connectivity index (χ1v) is 3.31. The van der Waals surface area contributed by atoms with Gasteiger partial charge in [-0.3, -0.25) is 9.78 Å². The molecular weight excluding hydrogens is 158 g/mol. The molecule has 0 aliphatic rings. The van der Waals surface area contributed by atoms with Gasteiger partial charge in [0.05, 0.1) is 0 Å². The summed E-state index contributed by atoms with van der Waals surface area (Å²) in [5.41, 5.74) is 0.789. The van der Waals surface area contributed by atoms with Gasteiger partial charge in [-0.2, -0.15) is 0 Å². The summed E-state index contributed by atoms with van der Waals surface area (Å²) in [6, 6.07) is 3.13. The molecule has 1 aromatic rings. The minimum absolute atomic E-state index is 0.0255. The van der Waals surface area contributed by atoms with Gasteiger partial charge in [0.15, 0.2) is 0 Å². The van der Waals surface area contributed by atoms with Crippen LogP contribution in [0.15, 0.2) is 18.3 Å². The maximum Gasteiger partial charge on any atom is 0.378 e. The molecule has 0 atom stereocenters. The number of hydrogen-bond acceptors (Lipinski definition) is 3. The fourth-order valence-electron chi connectivity index (χ4n) is 0.770. The minimum Gasteiger partial charge on any atom is -0.475 e. The van der Waals surface area contributed by atoms with E-state index in [2.05, 4.69) is 4.98 Å². The molecule has 0 unspecified atom stereocenters. The molecule has 0 aliphatic carbocycles. The van der Waals surface area contributed by atoms with Gasteiger partial charge in [-0.05, 0) is 24.6 Å². The minimum atomic E-state index is -1.48. The van der Waals surface area contributed by atoms with E-state index >= 15 is 0 Å². The molecule has 0 aromatic carbocycles. The highest BCUT2D eigenvalue weighted by Gasteiger charge is 2.15. The topological polar surface area (TPSA) is 67.3 Å². The van der Waals surface area contributed by atoms with E-state index in [1.165, 1.54) is 12.3 Å². The van der Waals surface area contributed by atoms with Crippen LogP contribution in [0.2, 0.25) is 0 Å². The molecule has 12 heavy (non-hydrogen) atoms. The summed E-state index contributed by atoms with van der Waals surface area (Å²) in [6.45, 7) is 1.76. The van der Waals surface area contributed by atoms with Gasteiger partial charge in [-0.25, -0.2) is 4.79 Å². The van der Waals surface area contributed by atoms with Crippen LogP contribution in [-0.2, 0) is 4.79 Å². The average Bonchev–Trinajstić information content (AvgIpc) is 2.03. The second-order valence-corrected chi connectivity index (χ2v) is 2.35. The summed E-state index contributed by atoms with van der Waals surface area (Å²) in [5, 5.41) is 8.34. The van der Waals surface area contributed by atoms with E-state index in [0.717, 1.165) is 5.56 Å². The van der Waals surface area contributed by atoms with Crippen molar-refractivity contribution < 1.29 is 14.7 Å². The summed E-state index contributed by atoms with van der Waals surface area (Å²) in [6.07, 6.45) is 1.41. The van der Waals surface area contributed by atoms with Gasteiger partial charge in [-0.1, -0.05) is 0 Å². The molecule has 4 nitrogen and oxygen atoms in total.